The molecule has 0 spiro atoms. The molecule has 0 radical (unpaired) electrons. The molecule has 0 heterocycles. The van der Waals surface area contributed by atoms with Crippen LogP contribution in [0.15, 0.2) is 23.1 Å². The molecule has 8 heteroatoms. The molecule has 1 aromatic carbocycles. The molecular weight excluding hydrogens is 307 g/mol. The highest BCUT2D eigenvalue weighted by molar-refractivity contribution is 7.89. The Bertz CT molecular complexity index is 592. The molecule has 112 valence electrons. The Labute approximate surface area is 122 Å². The van der Waals surface area contributed by atoms with Gasteiger partial charge >= 0.3 is 0 Å². The van der Waals surface area contributed by atoms with Crippen molar-refractivity contribution in [2.75, 3.05) is 19.6 Å². The Morgan fingerprint density at radius 2 is 2.05 bits per heavy atom. The van der Waals surface area contributed by atoms with Crippen LogP contribution in [0, 0.1) is 5.82 Å². The number of hydrogen-bond acceptors (Lipinski definition) is 3. The van der Waals surface area contributed by atoms with Crippen molar-refractivity contribution in [1.29, 1.82) is 0 Å². The van der Waals surface area contributed by atoms with Gasteiger partial charge in [0.05, 0.1) is 16.5 Å². The average Bonchev–Trinajstić information content (AvgIpc) is 2.39. The molecule has 1 rings (SSSR count). The number of hydrogen-bond donors (Lipinski definition) is 1. The molecule has 0 aliphatic heterocycles. The van der Waals surface area contributed by atoms with Crippen molar-refractivity contribution in [2.24, 2.45) is 0 Å². The van der Waals surface area contributed by atoms with Crippen molar-refractivity contribution in [1.82, 2.24) is 9.62 Å². The van der Waals surface area contributed by atoms with Gasteiger partial charge in [-0.1, -0.05) is 18.5 Å². The molecule has 1 aromatic rings. The molecule has 20 heavy (non-hydrogen) atoms. The summed E-state index contributed by atoms with van der Waals surface area (Å²) in [6, 6.07) is 3.14. The quantitative estimate of drug-likeness (QED) is 0.865. The Hall–Kier alpha value is -1.18. The number of nitrogens with one attached hydrogen (secondary N) is 1. The number of nitrogens with zero attached hydrogens (tertiary/aromatic N) is 1. The number of benzene rings is 1. The largest absolute Gasteiger partial charge is 0.355 e. The van der Waals surface area contributed by atoms with Crippen LogP contribution in [0.3, 0.4) is 0 Å². The third-order valence-corrected chi connectivity index (χ3v) is 4.78. The van der Waals surface area contributed by atoms with Gasteiger partial charge < -0.3 is 5.32 Å². The highest BCUT2D eigenvalue weighted by Gasteiger charge is 2.25. The predicted octanol–water partition coefficient (Wildman–Crippen LogP) is 1.63. The number of amides is 1. The fourth-order valence-corrected chi connectivity index (χ4v) is 3.24. The number of rotatable bonds is 6. The summed E-state index contributed by atoms with van der Waals surface area (Å²) in [6.07, 6.45) is 0. The lowest BCUT2D eigenvalue weighted by Gasteiger charge is -2.20. The van der Waals surface area contributed by atoms with Gasteiger partial charge in [-0.2, -0.15) is 4.31 Å². The molecular formula is C12H16ClFN2O3S. The van der Waals surface area contributed by atoms with E-state index in [1.807, 2.05) is 0 Å². The van der Waals surface area contributed by atoms with Crippen LogP contribution in [0.5, 0.6) is 0 Å². The highest BCUT2D eigenvalue weighted by atomic mass is 35.5. The van der Waals surface area contributed by atoms with Crippen LogP contribution in [0.1, 0.15) is 13.8 Å². The Kier molecular flexibility index (Phi) is 5.91. The van der Waals surface area contributed by atoms with Gasteiger partial charge in [-0.05, 0) is 25.1 Å². The maximum atomic E-state index is 13.1. The number of carbonyl (C=O) groups is 1. The lowest BCUT2D eigenvalue weighted by Crippen LogP contribution is -2.40. The van der Waals surface area contributed by atoms with Gasteiger partial charge in [-0.25, -0.2) is 12.8 Å². The summed E-state index contributed by atoms with van der Waals surface area (Å²) in [5, 5.41) is 2.25. The van der Waals surface area contributed by atoms with E-state index < -0.39 is 21.7 Å². The molecule has 0 fully saturated rings. The van der Waals surface area contributed by atoms with Crippen molar-refractivity contribution in [3.8, 4) is 0 Å². The first-order valence-electron chi connectivity index (χ1n) is 6.04. The minimum absolute atomic E-state index is 0.120. The number of sulfonamides is 1. The summed E-state index contributed by atoms with van der Waals surface area (Å²) in [6.45, 7) is 3.60. The Morgan fingerprint density at radius 1 is 1.40 bits per heavy atom. The van der Waals surface area contributed by atoms with Crippen LogP contribution in [0.2, 0.25) is 5.02 Å². The maximum absolute atomic E-state index is 13.1. The molecule has 5 nitrogen and oxygen atoms in total. The smallest absolute Gasteiger partial charge is 0.243 e. The molecule has 0 saturated carbocycles. The van der Waals surface area contributed by atoms with Gasteiger partial charge in [0.25, 0.3) is 0 Å². The fraction of sp³-hybridized carbons (Fsp3) is 0.417. The first kappa shape index (κ1) is 16.9. The molecule has 1 N–H and O–H groups in total. The third kappa shape index (κ3) is 3.91. The van der Waals surface area contributed by atoms with Gasteiger partial charge in [0.2, 0.25) is 15.9 Å². The third-order valence-electron chi connectivity index (χ3n) is 2.58. The van der Waals surface area contributed by atoms with Crippen molar-refractivity contribution < 1.29 is 17.6 Å². The standard InChI is InChI=1S/C12H16ClFN2O3S/c1-3-15-12(17)8-16(4-2)20(18,19)9-5-6-11(14)10(13)7-9/h5-7H,3-4,8H2,1-2H3,(H,15,17). The summed E-state index contributed by atoms with van der Waals surface area (Å²) in [5.74, 6) is -1.09. The first-order chi connectivity index (χ1) is 9.32. The normalized spacial score (nSPS) is 11.7. The first-order valence-corrected chi connectivity index (χ1v) is 7.86. The van der Waals surface area contributed by atoms with Crippen LogP contribution in [-0.4, -0.2) is 38.3 Å². The van der Waals surface area contributed by atoms with Crippen LogP contribution >= 0.6 is 11.6 Å². The maximum Gasteiger partial charge on any atom is 0.243 e. The molecule has 0 bridgehead atoms. The second-order valence-corrected chi connectivity index (χ2v) is 6.31. The minimum atomic E-state index is -3.88. The number of likely N-dealkylation sites (N-methyl/N-ethyl adjacent to an activating group) is 2. The molecule has 0 aliphatic rings. The zero-order valence-electron chi connectivity index (χ0n) is 11.2. The van der Waals surface area contributed by atoms with E-state index in [9.17, 15) is 17.6 Å². The second-order valence-electron chi connectivity index (χ2n) is 3.96. The highest BCUT2D eigenvalue weighted by Crippen LogP contribution is 2.22. The summed E-state index contributed by atoms with van der Waals surface area (Å²) in [5.41, 5.74) is 0. The Morgan fingerprint density at radius 3 is 2.55 bits per heavy atom. The van der Waals surface area contributed by atoms with E-state index in [-0.39, 0.29) is 23.0 Å². The van der Waals surface area contributed by atoms with Crippen LogP contribution in [0.4, 0.5) is 4.39 Å². The minimum Gasteiger partial charge on any atom is -0.355 e. The molecule has 0 unspecified atom stereocenters. The molecule has 0 aliphatic carbocycles. The molecule has 0 aromatic heterocycles. The summed E-state index contributed by atoms with van der Waals surface area (Å²) in [7, 11) is -3.88. The topological polar surface area (TPSA) is 66.5 Å². The average molecular weight is 323 g/mol. The lowest BCUT2D eigenvalue weighted by molar-refractivity contribution is -0.121. The van der Waals surface area contributed by atoms with Gasteiger partial charge in [-0.3, -0.25) is 4.79 Å². The van der Waals surface area contributed by atoms with Crippen molar-refractivity contribution in [3.63, 3.8) is 0 Å². The predicted molar refractivity (Wildman–Crippen MR) is 74.5 cm³/mol. The summed E-state index contributed by atoms with van der Waals surface area (Å²) in [4.78, 5) is 11.4. The second kappa shape index (κ2) is 7.01. The van der Waals surface area contributed by atoms with E-state index in [4.69, 9.17) is 11.6 Å². The van der Waals surface area contributed by atoms with E-state index >= 15 is 0 Å². The Balaban J connectivity index is 3.05. The monoisotopic (exact) mass is 322 g/mol. The SMILES string of the molecule is CCNC(=O)CN(CC)S(=O)(=O)c1ccc(F)c(Cl)c1. The zero-order chi connectivity index (χ0) is 15.3. The zero-order valence-corrected chi connectivity index (χ0v) is 12.8. The van der Waals surface area contributed by atoms with Crippen LogP contribution < -0.4 is 5.32 Å². The van der Waals surface area contributed by atoms with Gasteiger partial charge in [-0.15, -0.1) is 0 Å². The van der Waals surface area contributed by atoms with E-state index in [0.717, 1.165) is 22.5 Å². The van der Waals surface area contributed by atoms with Crippen LogP contribution in [0.25, 0.3) is 0 Å². The summed E-state index contributed by atoms with van der Waals surface area (Å²) >= 11 is 5.59. The van der Waals surface area contributed by atoms with E-state index in [1.54, 1.807) is 13.8 Å². The molecule has 0 saturated heterocycles. The lowest BCUT2D eigenvalue weighted by atomic mass is 10.3. The number of carbonyl (C=O) groups excluding carboxylic acids is 1. The van der Waals surface area contributed by atoms with Crippen molar-refractivity contribution in [2.45, 2.75) is 18.7 Å². The van der Waals surface area contributed by atoms with Gasteiger partial charge in [0.15, 0.2) is 0 Å². The van der Waals surface area contributed by atoms with Crippen LogP contribution in [-0.2, 0) is 14.8 Å². The van der Waals surface area contributed by atoms with Crippen molar-refractivity contribution in [3.05, 3.63) is 29.0 Å². The van der Waals surface area contributed by atoms with Gasteiger partial charge in [0.1, 0.15) is 5.82 Å². The van der Waals surface area contributed by atoms with Gasteiger partial charge in [0, 0.05) is 13.1 Å². The van der Waals surface area contributed by atoms with E-state index in [0.29, 0.717) is 6.54 Å². The fourth-order valence-electron chi connectivity index (χ4n) is 1.57. The van der Waals surface area contributed by atoms with E-state index in [2.05, 4.69) is 5.32 Å². The van der Waals surface area contributed by atoms with E-state index in [1.165, 1.54) is 0 Å². The summed E-state index contributed by atoms with van der Waals surface area (Å²) < 4.78 is 38.7. The molecule has 0 atom stereocenters. The number of halogens is 2. The molecule has 1 amide bonds. The van der Waals surface area contributed by atoms with Crippen molar-refractivity contribution >= 4 is 27.5 Å².